The second kappa shape index (κ2) is 6.33. The lowest BCUT2D eigenvalue weighted by Gasteiger charge is -2.06. The highest BCUT2D eigenvalue weighted by Crippen LogP contribution is 2.39. The molecule has 0 bridgehead atoms. The Morgan fingerprint density at radius 1 is 1.40 bits per heavy atom. The molecule has 2 N–H and O–H groups in total. The lowest BCUT2D eigenvalue weighted by atomic mass is 10.3. The van der Waals surface area contributed by atoms with Crippen LogP contribution in [0.2, 0.25) is 0 Å². The first-order valence-corrected chi connectivity index (χ1v) is 6.23. The molecule has 1 heterocycles. The molecule has 1 aliphatic rings. The summed E-state index contributed by atoms with van der Waals surface area (Å²) in [6.45, 7) is 0.871. The minimum absolute atomic E-state index is 0.285. The molecule has 0 aliphatic heterocycles. The molecule has 2 atom stereocenters. The lowest BCUT2D eigenvalue weighted by molar-refractivity contribution is -0.139. The summed E-state index contributed by atoms with van der Waals surface area (Å²) in [7, 11) is 1.58. The molecule has 1 aliphatic carbocycles. The van der Waals surface area contributed by atoms with Gasteiger partial charge in [-0.1, -0.05) is 0 Å². The van der Waals surface area contributed by atoms with E-state index in [1.54, 1.807) is 19.2 Å². The van der Waals surface area contributed by atoms with Crippen LogP contribution in [0.15, 0.2) is 18.3 Å². The number of ether oxygens (including phenoxy) is 2. The number of carbonyl (C=O) groups is 2. The Balaban J connectivity index is 1.82. The van der Waals surface area contributed by atoms with Crippen LogP contribution in [0, 0.1) is 11.8 Å². The summed E-state index contributed by atoms with van der Waals surface area (Å²) in [4.78, 5) is 26.4. The highest BCUT2D eigenvalue weighted by atomic mass is 16.5. The van der Waals surface area contributed by atoms with Gasteiger partial charge in [0.15, 0.2) is 0 Å². The fourth-order valence-corrected chi connectivity index (χ4v) is 1.76. The van der Waals surface area contributed by atoms with Gasteiger partial charge in [-0.2, -0.15) is 0 Å². The lowest BCUT2D eigenvalue weighted by Crippen LogP contribution is -2.17. The Bertz CT molecular complexity index is 488. The van der Waals surface area contributed by atoms with Gasteiger partial charge in [-0.3, -0.25) is 9.59 Å². The summed E-state index contributed by atoms with van der Waals surface area (Å²) in [5, 5.41) is 11.4. The average molecular weight is 280 g/mol. The Labute approximate surface area is 115 Å². The van der Waals surface area contributed by atoms with Crippen LogP contribution in [0.4, 0.5) is 5.69 Å². The van der Waals surface area contributed by atoms with E-state index in [1.807, 2.05) is 0 Å². The van der Waals surface area contributed by atoms with Crippen molar-refractivity contribution in [3.8, 4) is 5.88 Å². The third kappa shape index (κ3) is 3.67. The summed E-state index contributed by atoms with van der Waals surface area (Å²) in [5.41, 5.74) is 0.519. The van der Waals surface area contributed by atoms with Crippen molar-refractivity contribution in [2.24, 2.45) is 11.8 Å². The predicted octanol–water partition coefficient (Wildman–Crippen LogP) is 0.766. The molecular weight excluding hydrogens is 264 g/mol. The van der Waals surface area contributed by atoms with Crippen molar-refractivity contribution in [1.82, 2.24) is 4.98 Å². The molecule has 108 valence electrons. The summed E-state index contributed by atoms with van der Waals surface area (Å²) in [6.07, 6.45) is 1.87. The molecule has 1 aromatic rings. The van der Waals surface area contributed by atoms with Gasteiger partial charge < -0.3 is 19.9 Å². The van der Waals surface area contributed by atoms with Crippen LogP contribution in [-0.4, -0.2) is 42.3 Å². The number of carboxylic acid groups (broad SMARTS) is 1. The Kier molecular flexibility index (Phi) is 4.52. The number of hydrogen-bond donors (Lipinski definition) is 2. The van der Waals surface area contributed by atoms with Crippen molar-refractivity contribution in [2.75, 3.05) is 25.6 Å². The zero-order valence-electron chi connectivity index (χ0n) is 11.0. The van der Waals surface area contributed by atoms with Crippen LogP contribution in [0.3, 0.4) is 0 Å². The van der Waals surface area contributed by atoms with Crippen molar-refractivity contribution < 1.29 is 24.2 Å². The van der Waals surface area contributed by atoms with Gasteiger partial charge in [0.2, 0.25) is 11.8 Å². The summed E-state index contributed by atoms with van der Waals surface area (Å²) >= 11 is 0. The number of aliphatic carboxylic acids is 1. The van der Waals surface area contributed by atoms with Crippen molar-refractivity contribution in [3.05, 3.63) is 18.3 Å². The molecule has 1 aromatic heterocycles. The number of nitrogens with zero attached hydrogens (tertiary/aromatic N) is 1. The normalized spacial score (nSPS) is 20.2. The van der Waals surface area contributed by atoms with E-state index >= 15 is 0 Å². The monoisotopic (exact) mass is 280 g/mol. The first-order chi connectivity index (χ1) is 9.61. The first-order valence-electron chi connectivity index (χ1n) is 6.23. The maximum absolute atomic E-state index is 11.7. The quantitative estimate of drug-likeness (QED) is 0.716. The minimum atomic E-state index is -0.926. The van der Waals surface area contributed by atoms with Gasteiger partial charge in [-0.15, -0.1) is 0 Å². The van der Waals surface area contributed by atoms with Gasteiger partial charge >= 0.3 is 5.97 Å². The SMILES string of the molecule is COCCOc1ccc(NC(=O)[C@@H]2C[C@@H]2C(=O)O)cn1. The molecule has 0 saturated heterocycles. The molecule has 0 aromatic carbocycles. The number of rotatable bonds is 7. The van der Waals surface area contributed by atoms with E-state index in [-0.39, 0.29) is 5.91 Å². The zero-order valence-corrected chi connectivity index (χ0v) is 11.0. The maximum atomic E-state index is 11.7. The molecule has 0 spiro atoms. The number of methoxy groups -OCH3 is 1. The van der Waals surface area contributed by atoms with Crippen molar-refractivity contribution in [3.63, 3.8) is 0 Å². The minimum Gasteiger partial charge on any atom is -0.481 e. The van der Waals surface area contributed by atoms with Crippen LogP contribution >= 0.6 is 0 Å². The highest BCUT2D eigenvalue weighted by molar-refractivity contribution is 5.98. The largest absolute Gasteiger partial charge is 0.481 e. The Morgan fingerprint density at radius 2 is 2.20 bits per heavy atom. The van der Waals surface area contributed by atoms with E-state index in [0.717, 1.165) is 0 Å². The fourth-order valence-electron chi connectivity index (χ4n) is 1.76. The van der Waals surface area contributed by atoms with Gasteiger partial charge in [0.1, 0.15) is 6.61 Å². The number of pyridine rings is 1. The third-order valence-corrected chi connectivity index (χ3v) is 2.99. The summed E-state index contributed by atoms with van der Waals surface area (Å²) in [5.74, 6) is -1.77. The van der Waals surface area contributed by atoms with Gasteiger partial charge in [0.05, 0.1) is 30.3 Å². The van der Waals surface area contributed by atoms with E-state index in [0.29, 0.717) is 31.2 Å². The van der Waals surface area contributed by atoms with Crippen molar-refractivity contribution >= 4 is 17.6 Å². The first kappa shape index (κ1) is 14.3. The number of nitrogens with one attached hydrogen (secondary N) is 1. The van der Waals surface area contributed by atoms with Crippen molar-refractivity contribution in [1.29, 1.82) is 0 Å². The molecule has 20 heavy (non-hydrogen) atoms. The highest BCUT2D eigenvalue weighted by Gasteiger charge is 2.48. The number of carboxylic acids is 1. The van der Waals surface area contributed by atoms with E-state index in [1.165, 1.54) is 6.20 Å². The van der Waals surface area contributed by atoms with Crippen LogP contribution in [0.5, 0.6) is 5.88 Å². The molecule has 7 heteroatoms. The average Bonchev–Trinajstić information content (AvgIpc) is 3.21. The molecule has 1 saturated carbocycles. The molecule has 7 nitrogen and oxygen atoms in total. The summed E-state index contributed by atoms with van der Waals surface area (Å²) < 4.78 is 10.1. The van der Waals surface area contributed by atoms with Gasteiger partial charge in [-0.05, 0) is 12.5 Å². The second-order valence-electron chi connectivity index (χ2n) is 4.50. The molecule has 2 rings (SSSR count). The topological polar surface area (TPSA) is 97.8 Å². The van der Waals surface area contributed by atoms with Crippen LogP contribution in [0.25, 0.3) is 0 Å². The number of anilines is 1. The zero-order chi connectivity index (χ0) is 14.5. The predicted molar refractivity (Wildman–Crippen MR) is 69.5 cm³/mol. The van der Waals surface area contributed by atoms with Crippen LogP contribution < -0.4 is 10.1 Å². The molecular formula is C13H16N2O5. The molecule has 0 radical (unpaired) electrons. The fraction of sp³-hybridized carbons (Fsp3) is 0.462. The smallest absolute Gasteiger partial charge is 0.307 e. The molecule has 0 unspecified atom stereocenters. The van der Waals surface area contributed by atoms with E-state index in [9.17, 15) is 9.59 Å². The van der Waals surface area contributed by atoms with Crippen LogP contribution in [-0.2, 0) is 14.3 Å². The number of carbonyl (C=O) groups excluding carboxylic acids is 1. The molecule has 1 amide bonds. The van der Waals surface area contributed by atoms with E-state index in [2.05, 4.69) is 10.3 Å². The van der Waals surface area contributed by atoms with Gasteiger partial charge in [0.25, 0.3) is 0 Å². The number of amides is 1. The number of hydrogen-bond acceptors (Lipinski definition) is 5. The van der Waals surface area contributed by atoms with Gasteiger partial charge in [-0.25, -0.2) is 4.98 Å². The molecule has 1 fully saturated rings. The second-order valence-corrected chi connectivity index (χ2v) is 4.50. The van der Waals surface area contributed by atoms with Gasteiger partial charge in [0, 0.05) is 13.2 Å². The van der Waals surface area contributed by atoms with E-state index < -0.39 is 17.8 Å². The third-order valence-electron chi connectivity index (χ3n) is 2.99. The van der Waals surface area contributed by atoms with Crippen molar-refractivity contribution in [2.45, 2.75) is 6.42 Å². The Morgan fingerprint density at radius 3 is 2.75 bits per heavy atom. The number of aromatic nitrogens is 1. The maximum Gasteiger partial charge on any atom is 0.307 e. The van der Waals surface area contributed by atoms with Crippen LogP contribution in [0.1, 0.15) is 6.42 Å². The Hall–Kier alpha value is -2.15. The van der Waals surface area contributed by atoms with E-state index in [4.69, 9.17) is 14.6 Å². The standard InChI is InChI=1S/C13H16N2O5/c1-19-4-5-20-11-3-2-8(7-14-11)15-12(16)9-6-10(9)13(17)18/h2-3,7,9-10H,4-6H2,1H3,(H,15,16)(H,17,18)/t9-,10+/m1/s1. The summed E-state index contributed by atoms with van der Waals surface area (Å²) in [6, 6.07) is 3.29.